The van der Waals surface area contributed by atoms with E-state index < -0.39 is 21.3 Å². The van der Waals surface area contributed by atoms with E-state index in [1.807, 2.05) is 51.1 Å². The Morgan fingerprint density at radius 3 is 2.19 bits per heavy atom. The quantitative estimate of drug-likeness (QED) is 0.365. The number of hydrogen-bond acceptors (Lipinski definition) is 6. The van der Waals surface area contributed by atoms with E-state index in [0.29, 0.717) is 17.1 Å². The van der Waals surface area contributed by atoms with Gasteiger partial charge in [0.05, 0.1) is 19.1 Å². The fourth-order valence-electron chi connectivity index (χ4n) is 4.09. The van der Waals surface area contributed by atoms with E-state index in [9.17, 15) is 18.0 Å². The summed E-state index contributed by atoms with van der Waals surface area (Å²) in [4.78, 5) is 27.7. The number of sulfonamides is 1. The smallest absolute Gasteiger partial charge is 0.332 e. The molecule has 0 bridgehead atoms. The van der Waals surface area contributed by atoms with Gasteiger partial charge in [-0.2, -0.15) is 0 Å². The van der Waals surface area contributed by atoms with Gasteiger partial charge in [0.1, 0.15) is 5.75 Å². The molecule has 0 radical (unpaired) electrons. The summed E-state index contributed by atoms with van der Waals surface area (Å²) in [6.45, 7) is 6.10. The van der Waals surface area contributed by atoms with E-state index in [0.717, 1.165) is 45.4 Å². The van der Waals surface area contributed by atoms with Crippen LogP contribution in [0, 0.1) is 0 Å². The highest BCUT2D eigenvalue weighted by atomic mass is 32.2. The normalized spacial score (nSPS) is 11.5. The molecule has 0 aliphatic heterocycles. The molecule has 0 amide bonds. The number of H-pyrrole nitrogens is 1. The predicted octanol–water partition coefficient (Wildman–Crippen LogP) is 3.63. The maximum atomic E-state index is 12.6. The van der Waals surface area contributed by atoms with E-state index in [4.69, 9.17) is 9.84 Å². The molecule has 0 spiro atoms. The highest BCUT2D eigenvalue weighted by Gasteiger charge is 2.24. The van der Waals surface area contributed by atoms with Crippen molar-refractivity contribution in [1.29, 1.82) is 0 Å². The lowest BCUT2D eigenvalue weighted by atomic mass is 9.83. The van der Waals surface area contributed by atoms with Crippen LogP contribution in [0.5, 0.6) is 5.75 Å². The van der Waals surface area contributed by atoms with Crippen molar-refractivity contribution in [3.8, 4) is 22.6 Å². The van der Waals surface area contributed by atoms with Crippen LogP contribution in [0.1, 0.15) is 26.3 Å². The van der Waals surface area contributed by atoms with Gasteiger partial charge in [0.15, 0.2) is 0 Å². The van der Waals surface area contributed by atoms with Crippen molar-refractivity contribution in [2.24, 2.45) is 0 Å². The molecule has 4 aromatic rings. The molecule has 1 heterocycles. The lowest BCUT2D eigenvalue weighted by Gasteiger charge is -2.25. The number of fused-ring (bicyclic) bond motifs is 1. The number of anilines is 1. The number of aromatic amines is 1. The number of aliphatic hydroxyl groups is 1. The lowest BCUT2D eigenvalue weighted by molar-refractivity contribution is 0.399. The van der Waals surface area contributed by atoms with Crippen LogP contribution in [0.15, 0.2) is 70.4 Å². The van der Waals surface area contributed by atoms with Crippen molar-refractivity contribution in [3.63, 3.8) is 0 Å². The summed E-state index contributed by atoms with van der Waals surface area (Å²) in [6.07, 6.45) is 2.43. The number of aromatic nitrogens is 2. The summed E-state index contributed by atoms with van der Waals surface area (Å²) in [7, 11) is -0.789. The van der Waals surface area contributed by atoms with Crippen molar-refractivity contribution in [2.75, 3.05) is 25.2 Å². The second kappa shape index (κ2) is 10.6. The number of hydrogen-bond donors (Lipinski definition) is 3. The SMILES string of the molecule is CO.COc1c(-c2ccc3cc(NS(C)(=O)=O)ccc3c2)cc(-n2c(=O)cc[nH]c2=O)cc1C(C)(C)C. The molecule has 0 unspecified atom stereocenters. The molecule has 0 fully saturated rings. The van der Waals surface area contributed by atoms with E-state index >= 15 is 0 Å². The maximum absolute atomic E-state index is 12.6. The van der Waals surface area contributed by atoms with Gasteiger partial charge in [-0.05, 0) is 52.1 Å². The number of methoxy groups -OCH3 is 1. The standard InChI is InChI=1S/C26H27N3O5S.CH4O/c1-26(2,3)22-15-20(29-23(30)10-11-27-25(29)31)14-21(24(22)34-4)18-7-6-17-13-19(28-35(5,32)33)9-8-16(17)12-18;1-2/h6-15,28H,1-5H3,(H,27,31);2H,1H3. The molecule has 9 nitrogen and oxygen atoms in total. The maximum Gasteiger partial charge on any atom is 0.332 e. The summed E-state index contributed by atoms with van der Waals surface area (Å²) in [5.74, 6) is 0.649. The molecule has 0 saturated heterocycles. The number of ether oxygens (including phenoxy) is 1. The van der Waals surface area contributed by atoms with Crippen LogP contribution in [0.2, 0.25) is 0 Å². The van der Waals surface area contributed by atoms with Crippen molar-refractivity contribution >= 4 is 26.5 Å². The second-order valence-corrected chi connectivity index (χ2v) is 11.2. The van der Waals surface area contributed by atoms with Crippen molar-refractivity contribution < 1.29 is 18.3 Å². The first-order valence-electron chi connectivity index (χ1n) is 11.4. The van der Waals surface area contributed by atoms with Crippen LogP contribution < -0.4 is 20.7 Å². The monoisotopic (exact) mass is 525 g/mol. The van der Waals surface area contributed by atoms with Gasteiger partial charge in [0, 0.05) is 36.2 Å². The van der Waals surface area contributed by atoms with Gasteiger partial charge in [0.2, 0.25) is 10.0 Å². The minimum Gasteiger partial charge on any atom is -0.496 e. The van der Waals surface area contributed by atoms with Gasteiger partial charge in [0.25, 0.3) is 5.56 Å². The van der Waals surface area contributed by atoms with Crippen LogP contribution >= 0.6 is 0 Å². The zero-order valence-electron chi connectivity index (χ0n) is 21.6. The minimum absolute atomic E-state index is 0.343. The Balaban J connectivity index is 0.00000186. The molecular weight excluding hydrogens is 494 g/mol. The Morgan fingerprint density at radius 2 is 1.59 bits per heavy atom. The Kier molecular flexibility index (Phi) is 7.94. The predicted molar refractivity (Wildman–Crippen MR) is 147 cm³/mol. The first-order chi connectivity index (χ1) is 17.4. The highest BCUT2D eigenvalue weighted by molar-refractivity contribution is 7.92. The third-order valence-electron chi connectivity index (χ3n) is 5.65. The number of aliphatic hydroxyl groups excluding tert-OH is 1. The fourth-order valence-corrected chi connectivity index (χ4v) is 4.65. The van der Waals surface area contributed by atoms with Crippen molar-refractivity contribution in [1.82, 2.24) is 9.55 Å². The summed E-state index contributed by atoms with van der Waals surface area (Å²) in [5.41, 5.74) is 2.00. The molecule has 1 aromatic heterocycles. The molecule has 4 rings (SSSR count). The largest absolute Gasteiger partial charge is 0.496 e. The topological polar surface area (TPSA) is 130 Å². The number of benzene rings is 3. The Labute approximate surface area is 215 Å². The molecule has 196 valence electrons. The number of nitrogens with zero attached hydrogens (tertiary/aromatic N) is 1. The number of nitrogens with one attached hydrogen (secondary N) is 2. The van der Waals surface area contributed by atoms with Crippen molar-refractivity contribution in [3.05, 3.63) is 87.2 Å². The molecule has 0 saturated carbocycles. The molecule has 3 aromatic carbocycles. The Bertz CT molecular complexity index is 1640. The van der Waals surface area contributed by atoms with Crippen LogP contribution in [0.25, 0.3) is 27.6 Å². The zero-order valence-corrected chi connectivity index (χ0v) is 22.4. The third-order valence-corrected chi connectivity index (χ3v) is 6.26. The zero-order chi connectivity index (χ0) is 27.5. The van der Waals surface area contributed by atoms with E-state index in [1.165, 1.54) is 12.3 Å². The van der Waals surface area contributed by atoms with Crippen LogP contribution in [0.4, 0.5) is 5.69 Å². The molecule has 0 aliphatic carbocycles. The summed E-state index contributed by atoms with van der Waals surface area (Å²) < 4.78 is 32.6. The average molecular weight is 526 g/mol. The first kappa shape index (κ1) is 27.7. The van der Waals surface area contributed by atoms with E-state index in [2.05, 4.69) is 9.71 Å². The average Bonchev–Trinajstić information content (AvgIpc) is 2.82. The Morgan fingerprint density at radius 1 is 0.946 bits per heavy atom. The Hall–Kier alpha value is -3.89. The molecule has 0 aliphatic rings. The van der Waals surface area contributed by atoms with Crippen LogP contribution in [-0.4, -0.2) is 43.6 Å². The van der Waals surface area contributed by atoms with Gasteiger partial charge in [-0.15, -0.1) is 0 Å². The van der Waals surface area contributed by atoms with Gasteiger partial charge >= 0.3 is 5.69 Å². The third kappa shape index (κ3) is 6.10. The van der Waals surface area contributed by atoms with Crippen molar-refractivity contribution in [2.45, 2.75) is 26.2 Å². The van der Waals surface area contributed by atoms with Crippen LogP contribution in [0.3, 0.4) is 0 Å². The lowest BCUT2D eigenvalue weighted by Crippen LogP contribution is -2.32. The first-order valence-corrected chi connectivity index (χ1v) is 13.3. The molecule has 0 atom stereocenters. The van der Waals surface area contributed by atoms with E-state index in [1.54, 1.807) is 25.3 Å². The molecule has 10 heteroatoms. The fraction of sp³-hybridized carbons (Fsp3) is 0.259. The highest BCUT2D eigenvalue weighted by Crippen LogP contribution is 2.41. The van der Waals surface area contributed by atoms with Gasteiger partial charge in [-0.1, -0.05) is 39.0 Å². The molecule has 3 N–H and O–H groups in total. The van der Waals surface area contributed by atoms with Gasteiger partial charge < -0.3 is 14.8 Å². The van der Waals surface area contributed by atoms with Gasteiger partial charge in [-0.25, -0.2) is 17.8 Å². The molecular formula is C27H31N3O6S. The second-order valence-electron chi connectivity index (χ2n) is 9.43. The minimum atomic E-state index is -3.39. The van der Waals surface area contributed by atoms with Crippen LogP contribution in [-0.2, 0) is 15.4 Å². The molecule has 37 heavy (non-hydrogen) atoms. The summed E-state index contributed by atoms with van der Waals surface area (Å²) >= 11 is 0. The number of rotatable bonds is 5. The van der Waals surface area contributed by atoms with E-state index in [-0.39, 0.29) is 5.41 Å². The van der Waals surface area contributed by atoms with Gasteiger partial charge in [-0.3, -0.25) is 9.52 Å². The summed E-state index contributed by atoms with van der Waals surface area (Å²) in [6, 6.07) is 15.9. The summed E-state index contributed by atoms with van der Waals surface area (Å²) in [5, 5.41) is 8.74.